The van der Waals surface area contributed by atoms with E-state index in [4.69, 9.17) is 34.2 Å². The van der Waals surface area contributed by atoms with Crippen molar-refractivity contribution in [2.45, 2.75) is 208 Å². The van der Waals surface area contributed by atoms with Gasteiger partial charge in [0.2, 0.25) is 5.82 Å². The molecule has 5 amide bonds. The van der Waals surface area contributed by atoms with Crippen molar-refractivity contribution >= 4 is 118 Å². The van der Waals surface area contributed by atoms with Crippen LogP contribution in [0.15, 0.2) is 58.0 Å². The van der Waals surface area contributed by atoms with E-state index in [1.54, 1.807) is 62.0 Å². The van der Waals surface area contributed by atoms with Crippen molar-refractivity contribution in [3.63, 3.8) is 0 Å². The van der Waals surface area contributed by atoms with Crippen LogP contribution in [0.3, 0.4) is 0 Å². The number of amides is 5. The predicted octanol–water partition coefficient (Wildman–Crippen LogP) is 9.49. The quantitative estimate of drug-likeness (QED) is 0.0220. The number of nitrogens with one attached hydrogen (secondary N) is 5. The number of nitrogens with two attached hydrogens (primary N) is 1. The average molecular weight is 1440 g/mol. The van der Waals surface area contributed by atoms with Crippen LogP contribution in [0.1, 0.15) is 130 Å². The number of carbonyl (C=O) groups excluding carboxylic acids is 6. The number of rotatable bonds is 19. The van der Waals surface area contributed by atoms with Gasteiger partial charge in [0.15, 0.2) is 5.82 Å². The summed E-state index contributed by atoms with van der Waals surface area (Å²) in [7, 11) is -2.38. The van der Waals surface area contributed by atoms with Gasteiger partial charge in [0.05, 0.1) is 22.7 Å². The third-order valence-corrected chi connectivity index (χ3v) is 17.0. The minimum absolute atomic E-state index is 0. The summed E-state index contributed by atoms with van der Waals surface area (Å²) in [4.78, 5) is 85.9. The van der Waals surface area contributed by atoms with E-state index < -0.39 is 74.8 Å². The van der Waals surface area contributed by atoms with E-state index in [9.17, 15) is 33.9 Å². The van der Waals surface area contributed by atoms with Gasteiger partial charge in [-0.15, -0.1) is 0 Å². The Bertz CT molecular complexity index is 3100. The first-order valence-electron chi connectivity index (χ1n) is 30.6. The number of carboxylic acids is 1. The SMILES string of the molecule is CC(C)(C)OC(=O)Nc1ccc(N2CCC[C@@H](NC(=O)OC(C)(C)C)C2)c(N)c1.CC(C)(C)OC(=O)Nc1ccc(N2CCC[C@@H](NC(=O)OC(C)(C)C)C2)c(NC(=O)c2nc(Br)cn2COCC[Si](C)(C)C)c1.C[Si](C)(C)CCOCn1cc(Br)nc1C(=O)[O-].[Li+]. The summed E-state index contributed by atoms with van der Waals surface area (Å²) in [6.45, 7) is 39.7. The molecule has 25 nitrogen and oxygen atoms in total. The second kappa shape index (κ2) is 35.1. The Morgan fingerprint density at radius 3 is 1.36 bits per heavy atom. The summed E-state index contributed by atoms with van der Waals surface area (Å²) in [5, 5.41) is 25.1. The van der Waals surface area contributed by atoms with Gasteiger partial charge >= 0.3 is 43.2 Å². The first-order valence-corrected chi connectivity index (χ1v) is 39.6. The largest absolute Gasteiger partial charge is 1.00 e. The molecular formula is C62H99Br2LiN12O13Si2. The molecule has 0 aliphatic carbocycles. The molecule has 30 heteroatoms. The molecule has 7 N–H and O–H groups in total. The van der Waals surface area contributed by atoms with Gasteiger partial charge in [0, 0.05) is 91.4 Å². The van der Waals surface area contributed by atoms with E-state index in [2.05, 4.69) is 117 Å². The molecule has 4 heterocycles. The van der Waals surface area contributed by atoms with E-state index in [1.165, 1.54) is 4.57 Å². The smallest absolute Gasteiger partial charge is 0.542 e. The Kier molecular flexibility index (Phi) is 30.7. The van der Waals surface area contributed by atoms with Crippen LogP contribution in [0.25, 0.3) is 0 Å². The molecular weight excluding hydrogens is 1340 g/mol. The minimum atomic E-state index is -1.30. The maximum atomic E-state index is 13.7. The number of aromatic carboxylic acids is 1. The van der Waals surface area contributed by atoms with E-state index >= 15 is 0 Å². The molecule has 2 aliphatic rings. The molecule has 0 bridgehead atoms. The second-order valence-electron chi connectivity index (χ2n) is 28.8. The summed E-state index contributed by atoms with van der Waals surface area (Å²) in [6.07, 6.45) is 4.69. The Hall–Kier alpha value is -5.81. The van der Waals surface area contributed by atoms with Crippen molar-refractivity contribution in [2.24, 2.45) is 0 Å². The van der Waals surface area contributed by atoms with Crippen LogP contribution in [0.2, 0.25) is 51.4 Å². The van der Waals surface area contributed by atoms with Crippen LogP contribution in [0.5, 0.6) is 0 Å². The minimum Gasteiger partial charge on any atom is -0.542 e. The molecule has 2 saturated heterocycles. The van der Waals surface area contributed by atoms with Gasteiger partial charge < -0.3 is 78.9 Å². The topological polar surface area (TPSA) is 309 Å². The second-order valence-corrected chi connectivity index (χ2v) is 41.6. The number of nitrogen functional groups attached to an aromatic ring is 1. The summed E-state index contributed by atoms with van der Waals surface area (Å²) in [6, 6.07) is 12.5. The van der Waals surface area contributed by atoms with E-state index in [0.717, 1.165) is 55.7 Å². The number of carbonyl (C=O) groups is 6. The van der Waals surface area contributed by atoms with Gasteiger partial charge in [-0.05, 0) is 189 Å². The maximum absolute atomic E-state index is 13.7. The van der Waals surface area contributed by atoms with Gasteiger partial charge in [-0.3, -0.25) is 15.4 Å². The number of carboxylic acid groups (broad SMARTS) is 1. The molecule has 92 heavy (non-hydrogen) atoms. The standard InChI is InChI=1S/C31H49BrN6O6Si.C21H34N4O4.C10H17BrN2O3Si.Li/c1-30(2,3)43-28(40)33-21-12-13-24(37-14-10-11-22(18-37)34-29(41)44-31(4,5)6)23(17-21)35-27(39)26-36-25(32)19-38(26)20-42-15-16-45(7,8)9;1-20(2,3)28-18(26)23-14-9-10-17(16(22)12-14)25-11-7-8-15(13-25)24-19(27)29-21(4,5)6;1-17(2,3)5-4-16-7-13-6-8(11)12-9(13)10(14)15;/h12-13,17,19,22H,10-11,14-16,18,20H2,1-9H3,(H,33,40)(H,34,41)(H,35,39);9-10,12,15H,7-8,11,13,22H2,1-6H3,(H,23,26)(H,24,27);6H,4-5,7H2,1-3H3,(H,14,15);/q;;;+1/p-1/t22-;15-;;/m11../s1. The molecule has 2 aliphatic heterocycles. The Morgan fingerprint density at radius 2 is 0.957 bits per heavy atom. The fourth-order valence-electron chi connectivity index (χ4n) is 8.90. The van der Waals surface area contributed by atoms with E-state index in [1.807, 2.05) is 74.4 Å². The molecule has 0 saturated carbocycles. The number of hydrogen-bond acceptors (Lipinski definition) is 18. The fourth-order valence-corrected chi connectivity index (χ4v) is 11.2. The Balaban J connectivity index is 0.000000400. The third kappa shape index (κ3) is 31.4. The number of halogens is 2. The van der Waals surface area contributed by atoms with Gasteiger partial charge in [0.1, 0.15) is 51.0 Å². The van der Waals surface area contributed by atoms with Gasteiger partial charge in [-0.1, -0.05) is 39.3 Å². The Labute approximate surface area is 574 Å². The van der Waals surface area contributed by atoms with Crippen molar-refractivity contribution in [3.05, 3.63) is 69.6 Å². The number of imidazole rings is 2. The number of benzene rings is 2. The van der Waals surface area contributed by atoms with Crippen molar-refractivity contribution in [3.8, 4) is 0 Å². The van der Waals surface area contributed by atoms with E-state index in [-0.39, 0.29) is 56.1 Å². The molecule has 6 rings (SSSR count). The van der Waals surface area contributed by atoms with Crippen molar-refractivity contribution in [1.29, 1.82) is 0 Å². The number of piperidine rings is 2. The van der Waals surface area contributed by atoms with Crippen LogP contribution in [-0.2, 0) is 41.9 Å². The van der Waals surface area contributed by atoms with Gasteiger partial charge in [0.25, 0.3) is 5.91 Å². The van der Waals surface area contributed by atoms with Crippen LogP contribution >= 0.6 is 31.9 Å². The Morgan fingerprint density at radius 1 is 0.576 bits per heavy atom. The van der Waals surface area contributed by atoms with E-state index in [0.29, 0.717) is 64.8 Å². The average Bonchev–Trinajstić information content (AvgIpc) is 1.05. The molecule has 0 spiro atoms. The molecule has 0 radical (unpaired) electrons. The summed E-state index contributed by atoms with van der Waals surface area (Å²) < 4.78 is 36.9. The number of aromatic nitrogens is 4. The number of hydrogen-bond donors (Lipinski definition) is 6. The molecule has 4 aromatic rings. The molecule has 2 aromatic heterocycles. The van der Waals surface area contributed by atoms with Crippen LogP contribution < -0.4 is 66.1 Å². The zero-order chi connectivity index (χ0) is 68.5. The molecule has 2 fully saturated rings. The van der Waals surface area contributed by atoms with Gasteiger partial charge in [-0.2, -0.15) is 0 Å². The number of nitrogens with zero attached hydrogens (tertiary/aromatic N) is 6. The number of ether oxygens (including phenoxy) is 6. The number of anilines is 6. The van der Waals surface area contributed by atoms with Crippen molar-refractivity contribution in [1.82, 2.24) is 29.7 Å². The monoisotopic (exact) mass is 1440 g/mol. The van der Waals surface area contributed by atoms with Crippen LogP contribution in [0.4, 0.5) is 53.3 Å². The van der Waals surface area contributed by atoms with Gasteiger partial charge in [-0.25, -0.2) is 29.1 Å². The van der Waals surface area contributed by atoms with Crippen molar-refractivity contribution < 1.29 is 81.2 Å². The zero-order valence-electron chi connectivity index (χ0n) is 57.5. The molecule has 2 atom stereocenters. The molecule has 0 unspecified atom stereocenters. The first-order chi connectivity index (χ1) is 41.9. The predicted molar refractivity (Wildman–Crippen MR) is 367 cm³/mol. The third-order valence-electron chi connectivity index (χ3n) is 12.9. The van der Waals surface area contributed by atoms with Crippen molar-refractivity contribution in [2.75, 3.05) is 70.9 Å². The van der Waals surface area contributed by atoms with Crippen LogP contribution in [0, 0.1) is 0 Å². The zero-order valence-corrected chi connectivity index (χ0v) is 62.7. The summed E-state index contributed by atoms with van der Waals surface area (Å²) >= 11 is 6.51. The van der Waals surface area contributed by atoms with Crippen LogP contribution in [-0.4, -0.2) is 145 Å². The normalized spacial score (nSPS) is 15.4. The summed E-state index contributed by atoms with van der Waals surface area (Å²) in [5.41, 5.74) is 7.51. The molecule has 508 valence electrons. The number of alkyl carbamates (subject to hydrolysis) is 2. The summed E-state index contributed by atoms with van der Waals surface area (Å²) in [5.74, 6) is -1.69. The molecule has 2 aromatic carbocycles. The fraction of sp³-hybridized carbons (Fsp3) is 0.613. The first kappa shape index (κ1) is 80.4. The maximum Gasteiger partial charge on any atom is 1.00 e.